The highest BCUT2D eigenvalue weighted by Crippen LogP contribution is 2.19. The van der Waals surface area contributed by atoms with Crippen LogP contribution in [0.5, 0.6) is 0 Å². The second-order valence-corrected chi connectivity index (χ2v) is 6.69. The fraction of sp³-hybridized carbons (Fsp3) is 1.00. The molecule has 0 radical (unpaired) electrons. The van der Waals surface area contributed by atoms with E-state index in [0.29, 0.717) is 0 Å². The first-order valence-corrected chi connectivity index (χ1v) is 7.63. The maximum atomic E-state index is 9.58. The van der Waals surface area contributed by atoms with E-state index in [1.54, 1.807) is 0 Å². The lowest BCUT2D eigenvalue weighted by Crippen LogP contribution is -2.24. The highest BCUT2D eigenvalue weighted by atomic mass is 16.5. The van der Waals surface area contributed by atoms with E-state index < -0.39 is 5.60 Å². The predicted molar refractivity (Wildman–Crippen MR) is 78.9 cm³/mol. The van der Waals surface area contributed by atoms with Gasteiger partial charge >= 0.3 is 0 Å². The van der Waals surface area contributed by atoms with Crippen LogP contribution in [0.15, 0.2) is 0 Å². The number of rotatable bonds is 11. The smallest absolute Gasteiger partial charge is 0.0626 e. The molecule has 0 aromatic carbocycles. The number of unbranched alkanes of at least 4 members (excludes halogenated alkanes) is 4. The molecule has 2 heteroatoms. The summed E-state index contributed by atoms with van der Waals surface area (Å²) >= 11 is 0. The zero-order valence-corrected chi connectivity index (χ0v) is 13.2. The minimum absolute atomic E-state index is 0.0447. The summed E-state index contributed by atoms with van der Waals surface area (Å²) in [7, 11) is 0. The van der Waals surface area contributed by atoms with Crippen molar-refractivity contribution in [2.75, 3.05) is 6.61 Å². The van der Waals surface area contributed by atoms with E-state index in [1.807, 2.05) is 13.8 Å². The van der Waals surface area contributed by atoms with Gasteiger partial charge in [-0.3, -0.25) is 0 Å². The van der Waals surface area contributed by atoms with E-state index in [4.69, 9.17) is 4.74 Å². The summed E-state index contributed by atoms with van der Waals surface area (Å²) in [5, 5.41) is 9.58. The van der Waals surface area contributed by atoms with Crippen LogP contribution in [0.2, 0.25) is 0 Å². The number of hydrogen-bond donors (Lipinski definition) is 1. The van der Waals surface area contributed by atoms with Gasteiger partial charge in [0.05, 0.1) is 11.2 Å². The number of hydrogen-bond acceptors (Lipinski definition) is 2. The van der Waals surface area contributed by atoms with Crippen molar-refractivity contribution in [2.24, 2.45) is 0 Å². The molecule has 0 amide bonds. The van der Waals surface area contributed by atoms with Gasteiger partial charge in [-0.2, -0.15) is 0 Å². The Morgan fingerprint density at radius 2 is 1.44 bits per heavy atom. The molecular formula is C16H34O2. The molecule has 0 aliphatic heterocycles. The van der Waals surface area contributed by atoms with Gasteiger partial charge in [-0.25, -0.2) is 0 Å². The molecule has 0 aliphatic carbocycles. The molecule has 0 unspecified atom stereocenters. The van der Waals surface area contributed by atoms with E-state index in [1.165, 1.54) is 25.7 Å². The molecule has 0 atom stereocenters. The van der Waals surface area contributed by atoms with Crippen molar-refractivity contribution < 1.29 is 9.84 Å². The van der Waals surface area contributed by atoms with Crippen molar-refractivity contribution in [1.82, 2.24) is 0 Å². The topological polar surface area (TPSA) is 29.5 Å². The van der Waals surface area contributed by atoms with E-state index in [-0.39, 0.29) is 5.60 Å². The minimum atomic E-state index is -0.501. The van der Waals surface area contributed by atoms with Crippen LogP contribution in [0, 0.1) is 0 Å². The fourth-order valence-electron chi connectivity index (χ4n) is 2.04. The molecule has 0 aromatic heterocycles. The first-order valence-electron chi connectivity index (χ1n) is 7.63. The van der Waals surface area contributed by atoms with Gasteiger partial charge in [0.15, 0.2) is 0 Å². The third-order valence-electron chi connectivity index (χ3n) is 3.31. The van der Waals surface area contributed by atoms with Gasteiger partial charge in [0.2, 0.25) is 0 Å². The third-order valence-corrected chi connectivity index (χ3v) is 3.31. The molecule has 1 N–H and O–H groups in total. The average Bonchev–Trinajstić information content (AvgIpc) is 2.23. The molecule has 0 bridgehead atoms. The Morgan fingerprint density at radius 1 is 0.833 bits per heavy atom. The highest BCUT2D eigenvalue weighted by Gasteiger charge is 2.16. The number of aliphatic hydroxyl groups is 1. The zero-order chi connectivity index (χ0) is 14.1. The summed E-state index contributed by atoms with van der Waals surface area (Å²) in [5.74, 6) is 0. The Hall–Kier alpha value is -0.0800. The van der Waals surface area contributed by atoms with E-state index in [2.05, 4.69) is 20.8 Å². The molecule has 0 fully saturated rings. The van der Waals surface area contributed by atoms with Gasteiger partial charge in [-0.1, -0.05) is 39.0 Å². The quantitative estimate of drug-likeness (QED) is 0.545. The van der Waals surface area contributed by atoms with Crippen LogP contribution in [-0.4, -0.2) is 22.9 Å². The summed E-state index contributed by atoms with van der Waals surface area (Å²) in [6.07, 6.45) is 9.20. The molecule has 0 aliphatic rings. The lowest BCUT2D eigenvalue weighted by molar-refractivity contribution is -0.0264. The largest absolute Gasteiger partial charge is 0.390 e. The van der Waals surface area contributed by atoms with Crippen molar-refractivity contribution in [3.63, 3.8) is 0 Å². The van der Waals surface area contributed by atoms with Gasteiger partial charge in [0.1, 0.15) is 0 Å². The van der Waals surface area contributed by atoms with Crippen LogP contribution in [0.1, 0.15) is 86.0 Å². The van der Waals surface area contributed by atoms with Crippen molar-refractivity contribution in [2.45, 2.75) is 97.2 Å². The summed E-state index contributed by atoms with van der Waals surface area (Å²) < 4.78 is 5.93. The highest BCUT2D eigenvalue weighted by molar-refractivity contribution is 4.68. The zero-order valence-electron chi connectivity index (χ0n) is 13.2. The van der Waals surface area contributed by atoms with Crippen molar-refractivity contribution >= 4 is 0 Å². The molecule has 0 saturated heterocycles. The second kappa shape index (κ2) is 8.92. The Balaban J connectivity index is 3.39. The SMILES string of the molecule is CCCCC(C)(C)OCCCCCCC(C)(C)O. The Bertz CT molecular complexity index is 192. The van der Waals surface area contributed by atoms with Gasteiger partial charge < -0.3 is 9.84 Å². The standard InChI is InChI=1S/C16H34O2/c1-6-7-13-16(4,5)18-14-11-9-8-10-12-15(2,3)17/h17H,6-14H2,1-5H3. The normalized spacial score (nSPS) is 13.0. The third kappa shape index (κ3) is 12.4. The van der Waals surface area contributed by atoms with Gasteiger partial charge in [-0.15, -0.1) is 0 Å². The predicted octanol–water partition coefficient (Wildman–Crippen LogP) is 4.69. The van der Waals surface area contributed by atoms with Crippen molar-refractivity contribution in [1.29, 1.82) is 0 Å². The van der Waals surface area contributed by atoms with Crippen LogP contribution in [0.3, 0.4) is 0 Å². The Kier molecular flexibility index (Phi) is 8.89. The van der Waals surface area contributed by atoms with Crippen LogP contribution >= 0.6 is 0 Å². The van der Waals surface area contributed by atoms with Crippen LogP contribution in [-0.2, 0) is 4.74 Å². The van der Waals surface area contributed by atoms with Gasteiger partial charge in [0.25, 0.3) is 0 Å². The van der Waals surface area contributed by atoms with Gasteiger partial charge in [-0.05, 0) is 47.0 Å². The first kappa shape index (κ1) is 17.9. The Morgan fingerprint density at radius 3 is 2.00 bits per heavy atom. The maximum absolute atomic E-state index is 9.58. The molecule has 110 valence electrons. The fourth-order valence-corrected chi connectivity index (χ4v) is 2.04. The van der Waals surface area contributed by atoms with Crippen LogP contribution < -0.4 is 0 Å². The molecule has 0 saturated carbocycles. The molecule has 0 aromatic rings. The summed E-state index contributed by atoms with van der Waals surface area (Å²) in [6, 6.07) is 0. The maximum Gasteiger partial charge on any atom is 0.0626 e. The average molecular weight is 258 g/mol. The monoisotopic (exact) mass is 258 g/mol. The molecule has 0 spiro atoms. The van der Waals surface area contributed by atoms with E-state index in [9.17, 15) is 5.11 Å². The molecular weight excluding hydrogens is 224 g/mol. The van der Waals surface area contributed by atoms with Crippen molar-refractivity contribution in [3.8, 4) is 0 Å². The van der Waals surface area contributed by atoms with Gasteiger partial charge in [0, 0.05) is 6.61 Å². The Labute approximate surface area is 114 Å². The van der Waals surface area contributed by atoms with Crippen LogP contribution in [0.25, 0.3) is 0 Å². The minimum Gasteiger partial charge on any atom is -0.390 e. The van der Waals surface area contributed by atoms with Crippen LogP contribution in [0.4, 0.5) is 0 Å². The second-order valence-electron chi connectivity index (χ2n) is 6.69. The van der Waals surface area contributed by atoms with E-state index >= 15 is 0 Å². The molecule has 0 heterocycles. The summed E-state index contributed by atoms with van der Waals surface area (Å²) in [4.78, 5) is 0. The van der Waals surface area contributed by atoms with E-state index in [0.717, 1.165) is 32.3 Å². The summed E-state index contributed by atoms with van der Waals surface area (Å²) in [5.41, 5.74) is -0.457. The summed E-state index contributed by atoms with van der Waals surface area (Å²) in [6.45, 7) is 11.2. The molecule has 0 rings (SSSR count). The lowest BCUT2D eigenvalue weighted by Gasteiger charge is -2.25. The van der Waals surface area contributed by atoms with Crippen molar-refractivity contribution in [3.05, 3.63) is 0 Å². The first-order chi connectivity index (χ1) is 8.27. The number of ether oxygens (including phenoxy) is 1. The molecule has 18 heavy (non-hydrogen) atoms. The molecule has 2 nitrogen and oxygen atoms in total. The lowest BCUT2D eigenvalue weighted by atomic mass is 10.00.